The van der Waals surface area contributed by atoms with E-state index in [0.717, 1.165) is 11.1 Å². The monoisotopic (exact) mass is 377 g/mol. The molecule has 0 saturated heterocycles. The molecule has 0 bridgehead atoms. The number of nitrogens with zero attached hydrogens (tertiary/aromatic N) is 1. The van der Waals surface area contributed by atoms with Gasteiger partial charge in [0.25, 0.3) is 0 Å². The summed E-state index contributed by atoms with van der Waals surface area (Å²) in [4.78, 5) is 16.8. The van der Waals surface area contributed by atoms with Crippen LogP contribution in [0, 0.1) is 6.92 Å². The van der Waals surface area contributed by atoms with Gasteiger partial charge in [-0.2, -0.15) is 0 Å². The van der Waals surface area contributed by atoms with Gasteiger partial charge < -0.3 is 13.9 Å². The number of hydrogen-bond donors (Lipinski definition) is 0. The van der Waals surface area contributed by atoms with Crippen molar-refractivity contribution in [3.8, 4) is 23.0 Å². The number of aromatic nitrogens is 1. The second-order valence-corrected chi connectivity index (χ2v) is 6.12. The molecule has 3 aromatic rings. The predicted molar refractivity (Wildman–Crippen MR) is 109 cm³/mol. The summed E-state index contributed by atoms with van der Waals surface area (Å²) in [7, 11) is 0. The number of carbonyl (C=O) groups is 1. The van der Waals surface area contributed by atoms with Crippen molar-refractivity contribution in [1.29, 1.82) is 0 Å². The Morgan fingerprint density at radius 1 is 1.07 bits per heavy atom. The molecule has 0 N–H and O–H groups in total. The highest BCUT2D eigenvalue weighted by molar-refractivity contribution is 6.07. The van der Waals surface area contributed by atoms with Crippen LogP contribution >= 0.6 is 0 Å². The van der Waals surface area contributed by atoms with Crippen LogP contribution in [0.3, 0.4) is 0 Å². The van der Waals surface area contributed by atoms with Crippen LogP contribution in [-0.4, -0.2) is 24.0 Å². The van der Waals surface area contributed by atoms with Gasteiger partial charge in [-0.15, -0.1) is 0 Å². The third kappa shape index (κ3) is 4.49. The van der Waals surface area contributed by atoms with E-state index >= 15 is 0 Å². The molecule has 0 atom stereocenters. The van der Waals surface area contributed by atoms with Gasteiger partial charge in [0.2, 0.25) is 5.89 Å². The van der Waals surface area contributed by atoms with E-state index in [1.54, 1.807) is 6.08 Å². The fourth-order valence-electron chi connectivity index (χ4n) is 2.78. The third-order valence-electron chi connectivity index (χ3n) is 4.13. The van der Waals surface area contributed by atoms with E-state index in [9.17, 15) is 4.79 Å². The maximum Gasteiger partial charge on any atom is 0.226 e. The normalized spacial score (nSPS) is 11.0. The molecular weight excluding hydrogens is 354 g/mol. The van der Waals surface area contributed by atoms with Gasteiger partial charge in [-0.05, 0) is 56.7 Å². The Labute approximate surface area is 164 Å². The van der Waals surface area contributed by atoms with Gasteiger partial charge in [0, 0.05) is 11.1 Å². The second kappa shape index (κ2) is 9.04. The number of allylic oxidation sites excluding steroid dienone is 1. The molecule has 0 radical (unpaired) electrons. The fraction of sp³-hybridized carbons (Fsp3) is 0.217. The summed E-state index contributed by atoms with van der Waals surface area (Å²) in [6, 6.07) is 13.0. The van der Waals surface area contributed by atoms with E-state index in [1.165, 1.54) is 12.3 Å². The molecule has 0 saturated carbocycles. The average molecular weight is 377 g/mol. The first-order chi connectivity index (χ1) is 13.6. The molecule has 3 rings (SSSR count). The topological polar surface area (TPSA) is 61.6 Å². The van der Waals surface area contributed by atoms with E-state index in [-0.39, 0.29) is 5.78 Å². The number of hydrogen-bond acceptors (Lipinski definition) is 5. The molecule has 0 aliphatic rings. The van der Waals surface area contributed by atoms with Crippen molar-refractivity contribution in [1.82, 2.24) is 4.98 Å². The first kappa shape index (κ1) is 19.4. The van der Waals surface area contributed by atoms with Gasteiger partial charge >= 0.3 is 0 Å². The largest absolute Gasteiger partial charge is 0.490 e. The van der Waals surface area contributed by atoms with Crippen LogP contribution in [0.4, 0.5) is 0 Å². The smallest absolute Gasteiger partial charge is 0.226 e. The molecule has 2 aromatic carbocycles. The van der Waals surface area contributed by atoms with Crippen LogP contribution in [0.25, 0.3) is 17.5 Å². The maximum absolute atomic E-state index is 12.4. The van der Waals surface area contributed by atoms with Gasteiger partial charge in [0.1, 0.15) is 12.0 Å². The molecule has 0 amide bonds. The minimum atomic E-state index is -0.0673. The standard InChI is InChI=1S/C23H23NO4/c1-4-26-21-13-10-17(14-22(21)27-5-2)23-24-18(15-28-23)11-12-20(25)19-9-7-6-8-16(19)3/h6-15H,4-5H2,1-3H3. The zero-order valence-corrected chi connectivity index (χ0v) is 16.3. The van der Waals surface area contributed by atoms with Crippen LogP contribution in [0.1, 0.15) is 35.5 Å². The molecule has 1 aromatic heterocycles. The SMILES string of the molecule is CCOc1ccc(-c2nc(C=CC(=O)c3ccccc3C)co2)cc1OCC. The highest BCUT2D eigenvalue weighted by Gasteiger charge is 2.11. The maximum atomic E-state index is 12.4. The number of rotatable bonds is 8. The number of benzene rings is 2. The van der Waals surface area contributed by atoms with E-state index in [2.05, 4.69) is 4.98 Å². The Morgan fingerprint density at radius 2 is 1.82 bits per heavy atom. The molecule has 0 spiro atoms. The van der Waals surface area contributed by atoms with Gasteiger partial charge in [-0.3, -0.25) is 4.79 Å². The minimum Gasteiger partial charge on any atom is -0.490 e. The minimum absolute atomic E-state index is 0.0673. The first-order valence-corrected chi connectivity index (χ1v) is 9.26. The first-order valence-electron chi connectivity index (χ1n) is 9.26. The third-order valence-corrected chi connectivity index (χ3v) is 4.13. The Bertz CT molecular complexity index is 988. The Balaban J connectivity index is 1.79. The van der Waals surface area contributed by atoms with Crippen molar-refractivity contribution in [3.63, 3.8) is 0 Å². The van der Waals surface area contributed by atoms with E-state index in [0.29, 0.717) is 41.9 Å². The summed E-state index contributed by atoms with van der Waals surface area (Å²) in [5, 5.41) is 0. The van der Waals surface area contributed by atoms with Crippen molar-refractivity contribution in [3.05, 3.63) is 71.6 Å². The lowest BCUT2D eigenvalue weighted by Gasteiger charge is -2.11. The van der Waals surface area contributed by atoms with Crippen molar-refractivity contribution in [2.24, 2.45) is 0 Å². The summed E-state index contributed by atoms with van der Waals surface area (Å²) >= 11 is 0. The molecule has 1 heterocycles. The molecule has 0 unspecified atom stereocenters. The van der Waals surface area contributed by atoms with Gasteiger partial charge in [0.15, 0.2) is 17.3 Å². The van der Waals surface area contributed by atoms with Crippen molar-refractivity contribution < 1.29 is 18.7 Å². The lowest BCUT2D eigenvalue weighted by atomic mass is 10.0. The quantitative estimate of drug-likeness (QED) is 0.391. The Kier molecular flexibility index (Phi) is 6.27. The second-order valence-electron chi connectivity index (χ2n) is 6.12. The summed E-state index contributed by atoms with van der Waals surface area (Å²) < 4.78 is 16.8. The summed E-state index contributed by atoms with van der Waals surface area (Å²) in [5.74, 6) is 1.71. The van der Waals surface area contributed by atoms with Crippen LogP contribution in [0.15, 0.2) is 59.2 Å². The number of ketones is 1. The van der Waals surface area contributed by atoms with Crippen molar-refractivity contribution >= 4 is 11.9 Å². The number of aryl methyl sites for hydroxylation is 1. The van der Waals surface area contributed by atoms with E-state index in [4.69, 9.17) is 13.9 Å². The summed E-state index contributed by atoms with van der Waals surface area (Å²) in [6.07, 6.45) is 4.68. The summed E-state index contributed by atoms with van der Waals surface area (Å²) in [6.45, 7) is 6.85. The molecule has 0 aliphatic heterocycles. The van der Waals surface area contributed by atoms with Crippen molar-refractivity contribution in [2.45, 2.75) is 20.8 Å². The zero-order valence-electron chi connectivity index (χ0n) is 16.3. The molecule has 5 nitrogen and oxygen atoms in total. The summed E-state index contributed by atoms with van der Waals surface area (Å²) in [5.41, 5.74) is 2.96. The van der Waals surface area contributed by atoms with Gasteiger partial charge in [0.05, 0.1) is 13.2 Å². The fourth-order valence-corrected chi connectivity index (χ4v) is 2.78. The number of ether oxygens (including phenoxy) is 2. The highest BCUT2D eigenvalue weighted by atomic mass is 16.5. The number of carbonyl (C=O) groups excluding carboxylic acids is 1. The van der Waals surface area contributed by atoms with Crippen LogP contribution < -0.4 is 9.47 Å². The van der Waals surface area contributed by atoms with Crippen LogP contribution in [-0.2, 0) is 0 Å². The van der Waals surface area contributed by atoms with Crippen molar-refractivity contribution in [2.75, 3.05) is 13.2 Å². The highest BCUT2D eigenvalue weighted by Crippen LogP contribution is 2.32. The molecule has 0 fully saturated rings. The van der Waals surface area contributed by atoms with Crippen LogP contribution in [0.5, 0.6) is 11.5 Å². The van der Waals surface area contributed by atoms with Gasteiger partial charge in [-0.1, -0.05) is 24.3 Å². The lowest BCUT2D eigenvalue weighted by Crippen LogP contribution is -1.98. The molecule has 5 heteroatoms. The number of oxazole rings is 1. The molecule has 0 aliphatic carbocycles. The Morgan fingerprint density at radius 3 is 2.57 bits per heavy atom. The predicted octanol–water partition coefficient (Wildman–Crippen LogP) is 5.34. The zero-order chi connectivity index (χ0) is 19.9. The lowest BCUT2D eigenvalue weighted by molar-refractivity contribution is 0.104. The Hall–Kier alpha value is -3.34. The average Bonchev–Trinajstić information content (AvgIpc) is 3.17. The van der Waals surface area contributed by atoms with Gasteiger partial charge in [-0.25, -0.2) is 4.98 Å². The molecular formula is C23H23NO4. The van der Waals surface area contributed by atoms with E-state index < -0.39 is 0 Å². The van der Waals surface area contributed by atoms with Crippen LogP contribution in [0.2, 0.25) is 0 Å². The molecule has 28 heavy (non-hydrogen) atoms. The van der Waals surface area contributed by atoms with E-state index in [1.807, 2.05) is 63.2 Å². The molecule has 144 valence electrons.